The van der Waals surface area contributed by atoms with Gasteiger partial charge < -0.3 is 10.8 Å². The summed E-state index contributed by atoms with van der Waals surface area (Å²) in [6.07, 6.45) is 3.62. The maximum Gasteiger partial charge on any atom is 0.328 e. The highest BCUT2D eigenvalue weighted by Crippen LogP contribution is 2.33. The van der Waals surface area contributed by atoms with Crippen LogP contribution in [0.15, 0.2) is 30.3 Å². The van der Waals surface area contributed by atoms with Crippen LogP contribution >= 0.6 is 0 Å². The molecule has 2 aromatic rings. The number of nitrogens with zero attached hydrogens (tertiary/aromatic N) is 1. The molecule has 132 valence electrons. The molecule has 0 fully saturated rings. The lowest BCUT2D eigenvalue weighted by Gasteiger charge is -2.19. The molecule has 3 N–H and O–H groups in total. The second kappa shape index (κ2) is 8.08. The fraction of sp³-hybridized carbons (Fsp3) is 0.333. The lowest BCUT2D eigenvalue weighted by atomic mass is 9.89. The van der Waals surface area contributed by atoms with E-state index < -0.39 is 5.97 Å². The summed E-state index contributed by atoms with van der Waals surface area (Å²) in [4.78, 5) is 15.8. The second-order valence-corrected chi connectivity index (χ2v) is 6.75. The molecule has 0 saturated carbocycles. The molecule has 0 atom stereocenters. The average Bonchev–Trinajstić information content (AvgIpc) is 2.53. The van der Waals surface area contributed by atoms with Gasteiger partial charge in [-0.3, -0.25) is 4.98 Å². The van der Waals surface area contributed by atoms with Gasteiger partial charge in [0.2, 0.25) is 0 Å². The van der Waals surface area contributed by atoms with Crippen LogP contribution in [0.25, 0.3) is 17.2 Å². The van der Waals surface area contributed by atoms with Crippen molar-refractivity contribution in [3.8, 4) is 11.1 Å². The van der Waals surface area contributed by atoms with E-state index in [0.717, 1.165) is 46.1 Å². The fourth-order valence-corrected chi connectivity index (χ4v) is 3.00. The van der Waals surface area contributed by atoms with Gasteiger partial charge in [0.1, 0.15) is 0 Å². The third-order valence-corrected chi connectivity index (χ3v) is 4.15. The van der Waals surface area contributed by atoms with Crippen LogP contribution in [0, 0.1) is 19.8 Å². The van der Waals surface area contributed by atoms with Gasteiger partial charge in [-0.15, -0.1) is 0 Å². The Morgan fingerprint density at radius 2 is 1.88 bits per heavy atom. The Kier molecular flexibility index (Phi) is 6.10. The molecule has 0 spiro atoms. The Morgan fingerprint density at radius 3 is 2.40 bits per heavy atom. The summed E-state index contributed by atoms with van der Waals surface area (Å²) in [5, 5.41) is 9.03. The largest absolute Gasteiger partial charge is 0.478 e. The average molecular weight is 338 g/mol. The molecule has 2 rings (SSSR count). The van der Waals surface area contributed by atoms with Gasteiger partial charge in [-0.25, -0.2) is 4.79 Å². The van der Waals surface area contributed by atoms with E-state index in [4.69, 9.17) is 15.8 Å². The topological polar surface area (TPSA) is 76.2 Å². The van der Waals surface area contributed by atoms with E-state index in [9.17, 15) is 4.79 Å². The minimum atomic E-state index is -0.977. The number of benzene rings is 1. The van der Waals surface area contributed by atoms with Gasteiger partial charge in [0.25, 0.3) is 0 Å². The quantitative estimate of drug-likeness (QED) is 0.777. The van der Waals surface area contributed by atoms with Gasteiger partial charge in [-0.05, 0) is 49.0 Å². The third-order valence-electron chi connectivity index (χ3n) is 4.15. The standard InChI is InChI=1S/C21H26N2O2/c1-13(2)11-19-18(12-22)21(16-7-5-14(3)6-8-16)17(15(4)23-19)9-10-20(24)25/h5-10,13H,11-12,22H2,1-4H3,(H,24,25)/b10-9+. The van der Waals surface area contributed by atoms with Crippen molar-refractivity contribution in [3.05, 3.63) is 58.4 Å². The summed E-state index contributed by atoms with van der Waals surface area (Å²) in [7, 11) is 0. The number of nitrogens with two attached hydrogens (primary N) is 1. The van der Waals surface area contributed by atoms with Gasteiger partial charge in [-0.1, -0.05) is 43.7 Å². The predicted molar refractivity (Wildman–Crippen MR) is 102 cm³/mol. The molecule has 0 aliphatic rings. The van der Waals surface area contributed by atoms with Gasteiger partial charge in [0.05, 0.1) is 0 Å². The first kappa shape index (κ1) is 18.9. The summed E-state index contributed by atoms with van der Waals surface area (Å²) in [6, 6.07) is 8.22. The summed E-state index contributed by atoms with van der Waals surface area (Å²) >= 11 is 0. The number of pyridine rings is 1. The molecular formula is C21H26N2O2. The number of aromatic nitrogens is 1. The maximum absolute atomic E-state index is 11.0. The molecule has 0 unspecified atom stereocenters. The molecular weight excluding hydrogens is 312 g/mol. The van der Waals surface area contributed by atoms with Crippen LogP contribution in [-0.2, 0) is 17.8 Å². The number of carbonyl (C=O) groups is 1. The Bertz CT molecular complexity index is 791. The van der Waals surface area contributed by atoms with Crippen LogP contribution in [0.5, 0.6) is 0 Å². The second-order valence-electron chi connectivity index (χ2n) is 6.75. The van der Waals surface area contributed by atoms with Crippen molar-refractivity contribution in [2.24, 2.45) is 11.7 Å². The maximum atomic E-state index is 11.0. The molecule has 0 radical (unpaired) electrons. The number of hydrogen-bond donors (Lipinski definition) is 2. The highest BCUT2D eigenvalue weighted by molar-refractivity contribution is 5.89. The first-order valence-corrected chi connectivity index (χ1v) is 8.54. The number of rotatable bonds is 6. The predicted octanol–water partition coefficient (Wildman–Crippen LogP) is 4.12. The molecule has 0 bridgehead atoms. The number of carboxylic acids is 1. The van der Waals surface area contributed by atoms with Crippen molar-refractivity contribution in [2.45, 2.75) is 40.7 Å². The Balaban J connectivity index is 2.78. The minimum absolute atomic E-state index is 0.368. The number of carboxylic acid groups (broad SMARTS) is 1. The lowest BCUT2D eigenvalue weighted by molar-refractivity contribution is -0.131. The SMILES string of the molecule is Cc1ccc(-c2c(/C=C/C(=O)O)c(C)nc(CC(C)C)c2CN)cc1. The number of aliphatic carboxylic acids is 1. The number of aryl methyl sites for hydroxylation is 2. The summed E-state index contributed by atoms with van der Waals surface area (Å²) < 4.78 is 0. The molecule has 0 saturated heterocycles. The van der Waals surface area contributed by atoms with Crippen LogP contribution in [0.3, 0.4) is 0 Å². The van der Waals surface area contributed by atoms with E-state index >= 15 is 0 Å². The molecule has 1 aromatic heterocycles. The molecule has 4 heteroatoms. The van der Waals surface area contributed by atoms with Crippen LogP contribution < -0.4 is 5.73 Å². The number of hydrogen-bond acceptors (Lipinski definition) is 3. The normalized spacial score (nSPS) is 11.4. The van der Waals surface area contributed by atoms with Crippen molar-refractivity contribution in [1.29, 1.82) is 0 Å². The van der Waals surface area contributed by atoms with Gasteiger partial charge in [0, 0.05) is 29.6 Å². The van der Waals surface area contributed by atoms with Gasteiger partial charge >= 0.3 is 5.97 Å². The van der Waals surface area contributed by atoms with E-state index in [1.54, 1.807) is 6.08 Å². The van der Waals surface area contributed by atoms with E-state index in [2.05, 4.69) is 38.1 Å². The van der Waals surface area contributed by atoms with Crippen molar-refractivity contribution < 1.29 is 9.90 Å². The lowest BCUT2D eigenvalue weighted by Crippen LogP contribution is -2.12. The Morgan fingerprint density at radius 1 is 1.24 bits per heavy atom. The van der Waals surface area contributed by atoms with Gasteiger partial charge in [-0.2, -0.15) is 0 Å². The minimum Gasteiger partial charge on any atom is -0.478 e. The smallest absolute Gasteiger partial charge is 0.328 e. The highest BCUT2D eigenvalue weighted by atomic mass is 16.4. The molecule has 4 nitrogen and oxygen atoms in total. The van der Waals surface area contributed by atoms with Crippen molar-refractivity contribution in [2.75, 3.05) is 0 Å². The zero-order chi connectivity index (χ0) is 18.6. The molecule has 1 aromatic carbocycles. The van der Waals surface area contributed by atoms with Crippen LogP contribution in [0.4, 0.5) is 0 Å². The fourth-order valence-electron chi connectivity index (χ4n) is 3.00. The Labute approximate surface area is 149 Å². The molecule has 0 aliphatic heterocycles. The summed E-state index contributed by atoms with van der Waals surface area (Å²) in [6.45, 7) is 8.64. The van der Waals surface area contributed by atoms with Crippen molar-refractivity contribution >= 4 is 12.0 Å². The molecule has 25 heavy (non-hydrogen) atoms. The molecule has 0 amide bonds. The van der Waals surface area contributed by atoms with Crippen LogP contribution in [0.1, 0.15) is 41.9 Å². The van der Waals surface area contributed by atoms with E-state index in [1.165, 1.54) is 5.56 Å². The first-order chi connectivity index (χ1) is 11.8. The van der Waals surface area contributed by atoms with E-state index in [-0.39, 0.29) is 0 Å². The highest BCUT2D eigenvalue weighted by Gasteiger charge is 2.18. The van der Waals surface area contributed by atoms with Crippen molar-refractivity contribution in [1.82, 2.24) is 4.98 Å². The first-order valence-electron chi connectivity index (χ1n) is 8.54. The van der Waals surface area contributed by atoms with E-state index in [1.807, 2.05) is 13.8 Å². The van der Waals surface area contributed by atoms with Crippen LogP contribution in [0.2, 0.25) is 0 Å². The van der Waals surface area contributed by atoms with Gasteiger partial charge in [0.15, 0.2) is 0 Å². The molecule has 0 aliphatic carbocycles. The summed E-state index contributed by atoms with van der Waals surface area (Å²) in [5.74, 6) is -0.515. The zero-order valence-electron chi connectivity index (χ0n) is 15.3. The monoisotopic (exact) mass is 338 g/mol. The van der Waals surface area contributed by atoms with E-state index in [0.29, 0.717) is 12.5 Å². The Hall–Kier alpha value is -2.46. The van der Waals surface area contributed by atoms with Crippen molar-refractivity contribution in [3.63, 3.8) is 0 Å². The zero-order valence-corrected chi connectivity index (χ0v) is 15.3. The molecule has 1 heterocycles. The van der Waals surface area contributed by atoms with Crippen LogP contribution in [-0.4, -0.2) is 16.1 Å². The summed E-state index contributed by atoms with van der Waals surface area (Å²) in [5.41, 5.74) is 12.9. The third kappa shape index (κ3) is 4.54.